The first-order chi connectivity index (χ1) is 12.9. The van der Waals surface area contributed by atoms with Crippen LogP contribution in [0.5, 0.6) is 0 Å². The summed E-state index contributed by atoms with van der Waals surface area (Å²) >= 11 is 0. The molecule has 2 aromatic heterocycles. The van der Waals surface area contributed by atoms with Gasteiger partial charge in [-0.25, -0.2) is 4.79 Å². The number of anilines is 1. The summed E-state index contributed by atoms with van der Waals surface area (Å²) in [5.74, 6) is -0.914. The molecule has 0 amide bonds. The van der Waals surface area contributed by atoms with E-state index in [0.29, 0.717) is 11.3 Å². The Balaban J connectivity index is 2.04. The Kier molecular flexibility index (Phi) is 3.84. The molecule has 4 N–H and O–H groups in total. The molecule has 1 aromatic carbocycles. The second kappa shape index (κ2) is 6.09. The third kappa shape index (κ3) is 2.70. The van der Waals surface area contributed by atoms with Crippen LogP contribution >= 0.6 is 0 Å². The van der Waals surface area contributed by atoms with Crippen LogP contribution in [0.25, 0.3) is 16.6 Å². The van der Waals surface area contributed by atoms with Gasteiger partial charge in [0.2, 0.25) is 0 Å². The number of nitrogens with two attached hydrogens (primary N) is 1. The Labute approximate surface area is 155 Å². The maximum Gasteiger partial charge on any atom is 0.341 e. The van der Waals surface area contributed by atoms with E-state index in [2.05, 4.69) is 0 Å². The number of hydrogen-bond donors (Lipinski definition) is 3. The topological polar surface area (TPSA) is 109 Å². The van der Waals surface area contributed by atoms with E-state index in [1.165, 1.54) is 10.6 Å². The minimum Gasteiger partial charge on any atom is -0.477 e. The molecule has 1 fully saturated rings. The van der Waals surface area contributed by atoms with Crippen molar-refractivity contribution in [3.63, 3.8) is 0 Å². The Bertz CT molecular complexity index is 1170. The molecule has 136 valence electrons. The highest BCUT2D eigenvalue weighted by Crippen LogP contribution is 2.43. The summed E-state index contributed by atoms with van der Waals surface area (Å²) in [6.07, 6.45) is 4.85. The number of pyridine rings is 2. The summed E-state index contributed by atoms with van der Waals surface area (Å²) in [7, 11) is 0. The molecule has 2 heterocycles. The lowest BCUT2D eigenvalue weighted by Crippen LogP contribution is -2.23. The number of hydrogen-bond acceptors (Lipinski definition) is 4. The van der Waals surface area contributed by atoms with Gasteiger partial charge in [-0.3, -0.25) is 9.20 Å². The van der Waals surface area contributed by atoms with E-state index >= 15 is 0 Å². The Morgan fingerprint density at radius 3 is 2.67 bits per heavy atom. The summed E-state index contributed by atoms with van der Waals surface area (Å²) in [6.45, 7) is 1.94. The summed E-state index contributed by atoms with van der Waals surface area (Å²) in [6, 6.07) is 8.86. The van der Waals surface area contributed by atoms with Crippen molar-refractivity contribution < 1.29 is 9.90 Å². The van der Waals surface area contributed by atoms with Crippen molar-refractivity contribution in [1.29, 1.82) is 5.41 Å². The van der Waals surface area contributed by atoms with Gasteiger partial charge in [-0.2, -0.15) is 0 Å². The predicted octanol–water partition coefficient (Wildman–Crippen LogP) is 3.43. The van der Waals surface area contributed by atoms with E-state index in [1.807, 2.05) is 25.1 Å². The number of nitrogen functional groups attached to an aromatic ring is 1. The number of aromatic carboxylic acids is 1. The van der Waals surface area contributed by atoms with Gasteiger partial charge in [0.25, 0.3) is 5.56 Å². The van der Waals surface area contributed by atoms with Gasteiger partial charge in [0.15, 0.2) is 0 Å². The van der Waals surface area contributed by atoms with Gasteiger partial charge in [0.05, 0.1) is 5.52 Å². The lowest BCUT2D eigenvalue weighted by molar-refractivity contribution is 0.0694. The lowest BCUT2D eigenvalue weighted by atomic mass is 9.95. The minimum absolute atomic E-state index is 0.194. The fourth-order valence-corrected chi connectivity index (χ4v) is 3.64. The van der Waals surface area contributed by atoms with Crippen LogP contribution in [0.1, 0.15) is 45.8 Å². The zero-order valence-electron chi connectivity index (χ0n) is 14.8. The van der Waals surface area contributed by atoms with Crippen molar-refractivity contribution in [3.05, 3.63) is 69.1 Å². The van der Waals surface area contributed by atoms with Crippen molar-refractivity contribution in [3.8, 4) is 11.1 Å². The van der Waals surface area contributed by atoms with Crippen molar-refractivity contribution in [1.82, 2.24) is 4.40 Å². The van der Waals surface area contributed by atoms with E-state index in [-0.39, 0.29) is 11.5 Å². The largest absolute Gasteiger partial charge is 0.477 e. The first-order valence-corrected chi connectivity index (χ1v) is 8.75. The van der Waals surface area contributed by atoms with Crippen LogP contribution in [0, 0.1) is 12.3 Å². The maximum atomic E-state index is 12.6. The number of nitrogens with zero attached hydrogens (tertiary/aromatic N) is 1. The third-order valence-corrected chi connectivity index (χ3v) is 5.21. The van der Waals surface area contributed by atoms with Crippen LogP contribution in [-0.4, -0.2) is 21.7 Å². The number of rotatable bonds is 4. The highest BCUT2D eigenvalue weighted by Gasteiger charge is 2.29. The molecule has 0 aliphatic heterocycles. The van der Waals surface area contributed by atoms with Crippen molar-refractivity contribution >= 4 is 23.4 Å². The normalized spacial score (nSPS) is 13.7. The third-order valence-electron chi connectivity index (χ3n) is 5.21. The van der Waals surface area contributed by atoms with Gasteiger partial charge in [-0.05, 0) is 72.2 Å². The number of carbonyl (C=O) groups is 1. The molecule has 1 aliphatic carbocycles. The smallest absolute Gasteiger partial charge is 0.341 e. The molecule has 6 heteroatoms. The molecule has 0 saturated heterocycles. The summed E-state index contributed by atoms with van der Waals surface area (Å²) in [5.41, 5.74) is 10.8. The van der Waals surface area contributed by atoms with E-state index in [9.17, 15) is 14.7 Å². The molecule has 6 nitrogen and oxygen atoms in total. The first kappa shape index (κ1) is 17.0. The number of aryl methyl sites for hydroxylation is 1. The number of carboxylic acid groups (broad SMARTS) is 1. The van der Waals surface area contributed by atoms with Crippen LogP contribution in [0.4, 0.5) is 5.69 Å². The van der Waals surface area contributed by atoms with Crippen LogP contribution in [0.2, 0.25) is 0 Å². The summed E-state index contributed by atoms with van der Waals surface area (Å²) in [5, 5.41) is 16.9. The van der Waals surface area contributed by atoms with Crippen LogP contribution in [-0.2, 0) is 0 Å². The molecule has 0 spiro atoms. The quantitative estimate of drug-likeness (QED) is 0.488. The molecule has 0 bridgehead atoms. The Morgan fingerprint density at radius 2 is 2.04 bits per heavy atom. The maximum absolute atomic E-state index is 12.6. The monoisotopic (exact) mass is 361 g/mol. The molecule has 4 rings (SSSR count). The van der Waals surface area contributed by atoms with Gasteiger partial charge in [0.1, 0.15) is 5.56 Å². The molecule has 1 saturated carbocycles. The van der Waals surface area contributed by atoms with Crippen molar-refractivity contribution in [2.24, 2.45) is 0 Å². The Hall–Kier alpha value is -3.41. The van der Waals surface area contributed by atoms with Gasteiger partial charge in [0, 0.05) is 23.7 Å². The first-order valence-electron chi connectivity index (χ1n) is 8.75. The summed E-state index contributed by atoms with van der Waals surface area (Å²) in [4.78, 5) is 24.1. The lowest BCUT2D eigenvalue weighted by Gasteiger charge is -2.16. The van der Waals surface area contributed by atoms with Gasteiger partial charge in [-0.15, -0.1) is 0 Å². The predicted molar refractivity (Wildman–Crippen MR) is 105 cm³/mol. The molecule has 1 aliphatic rings. The highest BCUT2D eigenvalue weighted by molar-refractivity contribution is 5.90. The number of benzene rings is 1. The van der Waals surface area contributed by atoms with Crippen molar-refractivity contribution in [2.75, 3.05) is 5.73 Å². The second-order valence-corrected chi connectivity index (χ2v) is 6.96. The van der Waals surface area contributed by atoms with E-state index in [1.54, 1.807) is 18.3 Å². The van der Waals surface area contributed by atoms with E-state index in [0.717, 1.165) is 40.6 Å². The average Bonchev–Trinajstić information content (AvgIpc) is 3.48. The van der Waals surface area contributed by atoms with Gasteiger partial charge >= 0.3 is 5.97 Å². The molecule has 3 aromatic rings. The number of nitrogens with one attached hydrogen (secondary N) is 1. The molecular weight excluding hydrogens is 342 g/mol. The standard InChI is InChI=1S/C21H19N3O3/c1-11-15(13-4-5-18(23)14(8-13)10-22)6-7-24-19(11)16(12-2-3-12)9-17(20(24)25)21(26)27/h4-10,12,22H,2-3,23H2,1H3,(H,26,27). The number of fused-ring (bicyclic) bond motifs is 1. The minimum atomic E-state index is -1.20. The fourth-order valence-electron chi connectivity index (χ4n) is 3.64. The summed E-state index contributed by atoms with van der Waals surface area (Å²) < 4.78 is 1.45. The molecule has 0 unspecified atom stereocenters. The molecule has 0 radical (unpaired) electrons. The second-order valence-electron chi connectivity index (χ2n) is 6.96. The zero-order valence-corrected chi connectivity index (χ0v) is 14.8. The van der Waals surface area contributed by atoms with Crippen molar-refractivity contribution in [2.45, 2.75) is 25.7 Å². The number of carboxylic acids is 1. The highest BCUT2D eigenvalue weighted by atomic mass is 16.4. The molecule has 0 atom stereocenters. The van der Waals surface area contributed by atoms with Crippen LogP contribution in [0.15, 0.2) is 41.3 Å². The van der Waals surface area contributed by atoms with Crippen LogP contribution in [0.3, 0.4) is 0 Å². The Morgan fingerprint density at radius 1 is 1.30 bits per heavy atom. The average molecular weight is 361 g/mol. The van der Waals surface area contributed by atoms with Crippen LogP contribution < -0.4 is 11.3 Å². The van der Waals surface area contributed by atoms with Gasteiger partial charge < -0.3 is 16.2 Å². The molecule has 27 heavy (non-hydrogen) atoms. The number of aromatic nitrogens is 1. The fraction of sp³-hybridized carbons (Fsp3) is 0.190. The van der Waals surface area contributed by atoms with E-state index < -0.39 is 11.5 Å². The molecular formula is C21H19N3O3. The van der Waals surface area contributed by atoms with Gasteiger partial charge in [-0.1, -0.05) is 6.07 Å². The zero-order chi connectivity index (χ0) is 19.3. The SMILES string of the molecule is Cc1c(-c2ccc(N)c(C=N)c2)ccn2c(=O)c(C(=O)O)cc(C3CC3)c12. The van der Waals surface area contributed by atoms with E-state index in [4.69, 9.17) is 11.1 Å².